The van der Waals surface area contributed by atoms with Crippen LogP contribution in [0.2, 0.25) is 10.0 Å². The summed E-state index contributed by atoms with van der Waals surface area (Å²) in [5.74, 6) is 1.01. The van der Waals surface area contributed by atoms with Gasteiger partial charge in [-0.15, -0.1) is 0 Å². The molecule has 0 aliphatic heterocycles. The lowest BCUT2D eigenvalue weighted by molar-refractivity contribution is 0.0903. The van der Waals surface area contributed by atoms with Gasteiger partial charge < -0.3 is 14.5 Å². The van der Waals surface area contributed by atoms with Crippen molar-refractivity contribution in [3.63, 3.8) is 0 Å². The Morgan fingerprint density at radius 1 is 1.11 bits per heavy atom. The van der Waals surface area contributed by atoms with Crippen molar-refractivity contribution in [3.8, 4) is 5.75 Å². The van der Waals surface area contributed by atoms with E-state index in [4.69, 9.17) is 32.4 Å². The van der Waals surface area contributed by atoms with Crippen molar-refractivity contribution in [2.45, 2.75) is 32.9 Å². The molecule has 2 aromatic carbocycles. The van der Waals surface area contributed by atoms with Crippen LogP contribution in [-0.4, -0.2) is 5.91 Å². The number of aryl methyl sites for hydroxylation is 1. The van der Waals surface area contributed by atoms with Gasteiger partial charge in [-0.3, -0.25) is 4.79 Å². The fourth-order valence-corrected chi connectivity index (χ4v) is 3.23. The molecular formula is C22H21Cl2NO3. The second-order valence-electron chi connectivity index (χ2n) is 6.47. The van der Waals surface area contributed by atoms with E-state index in [1.807, 2.05) is 38.1 Å². The lowest BCUT2D eigenvalue weighted by atomic mass is 10.0. The van der Waals surface area contributed by atoms with Crippen molar-refractivity contribution in [2.24, 2.45) is 0 Å². The van der Waals surface area contributed by atoms with E-state index in [0.29, 0.717) is 21.6 Å². The van der Waals surface area contributed by atoms with Crippen LogP contribution in [0.15, 0.2) is 59.0 Å². The maximum absolute atomic E-state index is 12.6. The zero-order chi connectivity index (χ0) is 20.1. The van der Waals surface area contributed by atoms with Crippen LogP contribution >= 0.6 is 23.2 Å². The van der Waals surface area contributed by atoms with E-state index < -0.39 is 0 Å². The van der Waals surface area contributed by atoms with Crippen LogP contribution in [0.25, 0.3) is 0 Å². The number of hydrogen-bond acceptors (Lipinski definition) is 3. The van der Waals surface area contributed by atoms with Crippen molar-refractivity contribution < 1.29 is 13.9 Å². The number of carbonyl (C=O) groups excluding carboxylic acids is 1. The SMILES string of the molecule is CCC(NC(=O)c1ccc(COc2ccc(Cl)cc2Cl)o1)c1ccc(C)cc1. The summed E-state index contributed by atoms with van der Waals surface area (Å²) in [4.78, 5) is 12.6. The molecule has 4 nitrogen and oxygen atoms in total. The topological polar surface area (TPSA) is 51.5 Å². The molecule has 0 bridgehead atoms. The van der Waals surface area contributed by atoms with Crippen molar-refractivity contribution in [1.82, 2.24) is 5.32 Å². The van der Waals surface area contributed by atoms with Gasteiger partial charge >= 0.3 is 0 Å². The van der Waals surface area contributed by atoms with Gasteiger partial charge in [-0.1, -0.05) is 60.0 Å². The Morgan fingerprint density at radius 3 is 2.54 bits per heavy atom. The van der Waals surface area contributed by atoms with E-state index in [9.17, 15) is 4.79 Å². The van der Waals surface area contributed by atoms with Crippen LogP contribution in [-0.2, 0) is 6.61 Å². The number of hydrogen-bond donors (Lipinski definition) is 1. The third-order valence-electron chi connectivity index (χ3n) is 4.34. The van der Waals surface area contributed by atoms with E-state index in [0.717, 1.165) is 12.0 Å². The number of benzene rings is 2. The minimum absolute atomic E-state index is 0.0780. The largest absolute Gasteiger partial charge is 0.484 e. The molecule has 0 spiro atoms. The number of nitrogens with one attached hydrogen (secondary N) is 1. The smallest absolute Gasteiger partial charge is 0.287 e. The second kappa shape index (κ2) is 9.18. The minimum Gasteiger partial charge on any atom is -0.484 e. The van der Waals surface area contributed by atoms with E-state index in [2.05, 4.69) is 5.32 Å². The number of rotatable bonds is 7. The maximum Gasteiger partial charge on any atom is 0.287 e. The molecule has 28 heavy (non-hydrogen) atoms. The first-order chi connectivity index (χ1) is 13.5. The summed E-state index contributed by atoms with van der Waals surface area (Å²) in [7, 11) is 0. The van der Waals surface area contributed by atoms with Crippen molar-refractivity contribution in [3.05, 3.63) is 87.3 Å². The van der Waals surface area contributed by atoms with Gasteiger partial charge in [-0.2, -0.15) is 0 Å². The lowest BCUT2D eigenvalue weighted by Gasteiger charge is -2.17. The molecule has 1 N–H and O–H groups in total. The third kappa shape index (κ3) is 5.09. The Bertz CT molecular complexity index is 951. The third-order valence-corrected chi connectivity index (χ3v) is 4.87. The van der Waals surface area contributed by atoms with Crippen molar-refractivity contribution >= 4 is 29.1 Å². The van der Waals surface area contributed by atoms with E-state index >= 15 is 0 Å². The molecule has 1 amide bonds. The Morgan fingerprint density at radius 2 is 1.86 bits per heavy atom. The zero-order valence-corrected chi connectivity index (χ0v) is 17.2. The number of halogens is 2. The van der Waals surface area contributed by atoms with E-state index in [1.54, 1.807) is 30.3 Å². The van der Waals surface area contributed by atoms with Crippen LogP contribution in [0.5, 0.6) is 5.75 Å². The summed E-state index contributed by atoms with van der Waals surface area (Å²) >= 11 is 12.0. The molecule has 3 aromatic rings. The first-order valence-electron chi connectivity index (χ1n) is 9.00. The number of furan rings is 1. The maximum atomic E-state index is 12.6. The molecule has 1 aromatic heterocycles. The van der Waals surface area contributed by atoms with Gasteiger partial charge in [0.05, 0.1) is 11.1 Å². The highest BCUT2D eigenvalue weighted by atomic mass is 35.5. The van der Waals surface area contributed by atoms with Crippen LogP contribution in [0.1, 0.15) is 46.8 Å². The van der Waals surface area contributed by atoms with Crippen molar-refractivity contribution in [2.75, 3.05) is 0 Å². The Hall–Kier alpha value is -2.43. The van der Waals surface area contributed by atoms with E-state index in [1.165, 1.54) is 5.56 Å². The fourth-order valence-electron chi connectivity index (χ4n) is 2.77. The minimum atomic E-state index is -0.261. The summed E-state index contributed by atoms with van der Waals surface area (Å²) < 4.78 is 11.3. The predicted octanol–water partition coefficient (Wildman–Crippen LogP) is 6.35. The zero-order valence-electron chi connectivity index (χ0n) is 15.7. The average molecular weight is 418 g/mol. The van der Waals surface area contributed by atoms with Gasteiger partial charge in [0, 0.05) is 5.02 Å². The molecule has 1 unspecified atom stereocenters. The van der Waals surface area contributed by atoms with Gasteiger partial charge in [0.2, 0.25) is 0 Å². The monoisotopic (exact) mass is 417 g/mol. The quantitative estimate of drug-likeness (QED) is 0.486. The fraction of sp³-hybridized carbons (Fsp3) is 0.227. The summed E-state index contributed by atoms with van der Waals surface area (Å²) in [6, 6.07) is 16.4. The van der Waals surface area contributed by atoms with Gasteiger partial charge in [0.25, 0.3) is 5.91 Å². The van der Waals surface area contributed by atoms with Crippen molar-refractivity contribution in [1.29, 1.82) is 0 Å². The molecule has 0 fully saturated rings. The molecule has 0 aliphatic carbocycles. The van der Waals surface area contributed by atoms with E-state index in [-0.39, 0.29) is 24.3 Å². The Labute approximate surface area is 174 Å². The summed E-state index contributed by atoms with van der Waals surface area (Å²) in [6.45, 7) is 4.22. The molecule has 1 atom stereocenters. The first-order valence-corrected chi connectivity index (χ1v) is 9.76. The Kier molecular flexibility index (Phi) is 6.65. The molecular weight excluding hydrogens is 397 g/mol. The lowest BCUT2D eigenvalue weighted by Crippen LogP contribution is -2.27. The summed E-state index contributed by atoms with van der Waals surface area (Å²) in [5.41, 5.74) is 2.25. The molecule has 0 aliphatic rings. The summed E-state index contributed by atoms with van der Waals surface area (Å²) in [6.07, 6.45) is 0.778. The molecule has 0 saturated heterocycles. The van der Waals surface area contributed by atoms with Gasteiger partial charge in [0.15, 0.2) is 5.76 Å². The second-order valence-corrected chi connectivity index (χ2v) is 7.32. The van der Waals surface area contributed by atoms with Crippen LogP contribution in [0.3, 0.4) is 0 Å². The van der Waals surface area contributed by atoms with Crippen LogP contribution in [0, 0.1) is 6.92 Å². The Balaban J connectivity index is 1.62. The highest BCUT2D eigenvalue weighted by Crippen LogP contribution is 2.28. The highest BCUT2D eigenvalue weighted by molar-refractivity contribution is 6.35. The first kappa shape index (κ1) is 20.3. The molecule has 0 radical (unpaired) electrons. The van der Waals surface area contributed by atoms with Crippen LogP contribution in [0.4, 0.5) is 0 Å². The van der Waals surface area contributed by atoms with Crippen LogP contribution < -0.4 is 10.1 Å². The molecule has 0 saturated carbocycles. The molecule has 1 heterocycles. The number of amides is 1. The van der Waals surface area contributed by atoms with Gasteiger partial charge in [0.1, 0.15) is 18.1 Å². The standard InChI is InChI=1S/C22H21Cl2NO3/c1-3-19(15-6-4-14(2)5-7-15)25-22(26)21-11-9-17(28-21)13-27-20-10-8-16(23)12-18(20)24/h4-12,19H,3,13H2,1-2H3,(H,25,26). The average Bonchev–Trinajstić information content (AvgIpc) is 3.15. The van der Waals surface area contributed by atoms with Gasteiger partial charge in [-0.25, -0.2) is 0 Å². The highest BCUT2D eigenvalue weighted by Gasteiger charge is 2.17. The summed E-state index contributed by atoms with van der Waals surface area (Å²) in [5, 5.41) is 3.96. The molecule has 6 heteroatoms. The molecule has 3 rings (SSSR count). The normalized spacial score (nSPS) is 11.9. The number of carbonyl (C=O) groups is 1. The molecule has 146 valence electrons. The predicted molar refractivity (Wildman–Crippen MR) is 111 cm³/mol. The van der Waals surface area contributed by atoms with Gasteiger partial charge in [-0.05, 0) is 49.2 Å². The number of ether oxygens (including phenoxy) is 1.